The molecule has 2 nitrogen and oxygen atoms in total. The third kappa shape index (κ3) is 2.40. The van der Waals surface area contributed by atoms with Gasteiger partial charge in [-0.25, -0.2) is 4.98 Å². The van der Waals surface area contributed by atoms with Crippen LogP contribution in [0.5, 0.6) is 0 Å². The molecule has 3 aromatic rings. The first-order chi connectivity index (χ1) is 8.85. The number of nitrogens with one attached hydrogen (secondary N) is 1. The first-order valence-corrected chi connectivity index (χ1v) is 7.69. The zero-order valence-corrected chi connectivity index (χ0v) is 11.8. The summed E-state index contributed by atoms with van der Waals surface area (Å²) < 4.78 is 1.34. The van der Waals surface area contributed by atoms with Crippen LogP contribution in [-0.2, 0) is 13.0 Å². The summed E-state index contributed by atoms with van der Waals surface area (Å²) in [5.41, 5.74) is 1.17. The monoisotopic (exact) mass is 274 g/mol. The van der Waals surface area contributed by atoms with Crippen LogP contribution in [-0.4, -0.2) is 4.98 Å². The molecule has 0 spiro atoms. The third-order valence-corrected chi connectivity index (χ3v) is 4.86. The Bertz CT molecular complexity index is 654. The Balaban J connectivity index is 1.72. The zero-order chi connectivity index (χ0) is 12.4. The molecule has 92 valence electrons. The minimum Gasteiger partial charge on any atom is -0.380 e. The second-order valence-electron chi connectivity index (χ2n) is 4.10. The van der Waals surface area contributed by atoms with Gasteiger partial charge in [-0.15, -0.1) is 22.7 Å². The quantitative estimate of drug-likeness (QED) is 0.756. The van der Waals surface area contributed by atoms with Crippen LogP contribution in [0.15, 0.2) is 35.8 Å². The van der Waals surface area contributed by atoms with Crippen molar-refractivity contribution in [1.82, 2.24) is 4.98 Å². The topological polar surface area (TPSA) is 24.9 Å². The summed E-state index contributed by atoms with van der Waals surface area (Å²) >= 11 is 3.57. The van der Waals surface area contributed by atoms with Crippen molar-refractivity contribution in [3.05, 3.63) is 45.7 Å². The van der Waals surface area contributed by atoms with Crippen LogP contribution in [0.25, 0.3) is 10.1 Å². The van der Waals surface area contributed by atoms with Gasteiger partial charge in [-0.3, -0.25) is 0 Å². The minimum absolute atomic E-state index is 0.854. The summed E-state index contributed by atoms with van der Waals surface area (Å²) in [6.07, 6.45) is 2.99. The van der Waals surface area contributed by atoms with Crippen LogP contribution >= 0.6 is 22.7 Å². The molecule has 3 rings (SSSR count). The van der Waals surface area contributed by atoms with Gasteiger partial charge in [-0.05, 0) is 41.5 Å². The molecule has 0 unspecified atom stereocenters. The lowest BCUT2D eigenvalue weighted by molar-refractivity contribution is 1.09. The molecule has 0 saturated heterocycles. The molecule has 0 amide bonds. The maximum Gasteiger partial charge on any atom is 0.0925 e. The smallest absolute Gasteiger partial charge is 0.0925 e. The number of rotatable bonds is 4. The number of hydrogen-bond acceptors (Lipinski definition) is 4. The molecule has 0 aliphatic carbocycles. The van der Waals surface area contributed by atoms with Gasteiger partial charge in [-0.2, -0.15) is 0 Å². The van der Waals surface area contributed by atoms with Crippen LogP contribution in [0.4, 0.5) is 5.69 Å². The normalized spacial score (nSPS) is 10.9. The maximum atomic E-state index is 4.37. The average molecular weight is 274 g/mol. The summed E-state index contributed by atoms with van der Waals surface area (Å²) in [7, 11) is 0. The summed E-state index contributed by atoms with van der Waals surface area (Å²) in [5, 5.41) is 8.10. The highest BCUT2D eigenvalue weighted by atomic mass is 32.1. The molecule has 0 atom stereocenters. The fourth-order valence-electron chi connectivity index (χ4n) is 1.86. The SMILES string of the molecule is CCc1ncc(CNc2ccc3sccc3c2)s1. The van der Waals surface area contributed by atoms with Crippen LogP contribution in [0.3, 0.4) is 0 Å². The van der Waals surface area contributed by atoms with Crippen molar-refractivity contribution < 1.29 is 0 Å². The lowest BCUT2D eigenvalue weighted by Gasteiger charge is -2.04. The molecule has 0 fully saturated rings. The van der Waals surface area contributed by atoms with Crippen molar-refractivity contribution in [3.63, 3.8) is 0 Å². The highest BCUT2D eigenvalue weighted by Gasteiger charge is 2.01. The first-order valence-electron chi connectivity index (χ1n) is 6.00. The van der Waals surface area contributed by atoms with Crippen molar-refractivity contribution >= 4 is 38.4 Å². The molecule has 2 heterocycles. The van der Waals surface area contributed by atoms with Crippen molar-refractivity contribution in [2.75, 3.05) is 5.32 Å². The Hall–Kier alpha value is -1.39. The highest BCUT2D eigenvalue weighted by molar-refractivity contribution is 7.17. The van der Waals surface area contributed by atoms with E-state index in [4.69, 9.17) is 0 Å². The fourth-order valence-corrected chi connectivity index (χ4v) is 3.43. The van der Waals surface area contributed by atoms with Gasteiger partial charge in [0.25, 0.3) is 0 Å². The van der Waals surface area contributed by atoms with Gasteiger partial charge in [0.2, 0.25) is 0 Å². The van der Waals surface area contributed by atoms with Crippen molar-refractivity contribution in [3.8, 4) is 0 Å². The van der Waals surface area contributed by atoms with E-state index in [1.54, 1.807) is 22.7 Å². The number of anilines is 1. The van der Waals surface area contributed by atoms with E-state index >= 15 is 0 Å². The Morgan fingerprint density at radius 3 is 3.06 bits per heavy atom. The number of aryl methyl sites for hydroxylation is 1. The van der Waals surface area contributed by atoms with Gasteiger partial charge < -0.3 is 5.32 Å². The van der Waals surface area contributed by atoms with Crippen molar-refractivity contribution in [1.29, 1.82) is 0 Å². The van der Waals surface area contributed by atoms with Gasteiger partial charge in [0, 0.05) is 21.5 Å². The Morgan fingerprint density at radius 2 is 2.22 bits per heavy atom. The lowest BCUT2D eigenvalue weighted by Crippen LogP contribution is -1.96. The summed E-state index contributed by atoms with van der Waals surface area (Å²) in [4.78, 5) is 5.66. The van der Waals surface area contributed by atoms with E-state index in [2.05, 4.69) is 46.9 Å². The molecule has 4 heteroatoms. The van der Waals surface area contributed by atoms with Gasteiger partial charge >= 0.3 is 0 Å². The summed E-state index contributed by atoms with van der Waals surface area (Å²) in [6.45, 7) is 2.99. The Kier molecular flexibility index (Phi) is 3.30. The maximum absolute atomic E-state index is 4.37. The molecule has 0 bridgehead atoms. The third-order valence-electron chi connectivity index (χ3n) is 2.82. The highest BCUT2D eigenvalue weighted by Crippen LogP contribution is 2.24. The number of benzene rings is 1. The lowest BCUT2D eigenvalue weighted by atomic mass is 10.2. The summed E-state index contributed by atoms with van der Waals surface area (Å²) in [5.74, 6) is 0. The number of hydrogen-bond donors (Lipinski definition) is 1. The molecule has 0 aliphatic rings. The van der Waals surface area contributed by atoms with E-state index in [-0.39, 0.29) is 0 Å². The van der Waals surface area contributed by atoms with Crippen molar-refractivity contribution in [2.45, 2.75) is 19.9 Å². The second-order valence-corrected chi connectivity index (χ2v) is 6.25. The first kappa shape index (κ1) is 11.7. The largest absolute Gasteiger partial charge is 0.380 e. The molecule has 2 aromatic heterocycles. The number of fused-ring (bicyclic) bond motifs is 1. The fraction of sp³-hybridized carbons (Fsp3) is 0.214. The zero-order valence-electron chi connectivity index (χ0n) is 10.1. The molecule has 0 saturated carbocycles. The van der Waals surface area contributed by atoms with Gasteiger partial charge in [0.1, 0.15) is 0 Å². The summed E-state index contributed by atoms with van der Waals surface area (Å²) in [6, 6.07) is 8.67. The van der Waals surface area contributed by atoms with Crippen LogP contribution in [0, 0.1) is 0 Å². The van der Waals surface area contributed by atoms with E-state index < -0.39 is 0 Å². The van der Waals surface area contributed by atoms with E-state index in [0.29, 0.717) is 0 Å². The van der Waals surface area contributed by atoms with Gasteiger partial charge in [-0.1, -0.05) is 6.92 Å². The van der Waals surface area contributed by atoms with E-state index in [9.17, 15) is 0 Å². The van der Waals surface area contributed by atoms with Gasteiger partial charge in [0.05, 0.1) is 11.6 Å². The van der Waals surface area contributed by atoms with Crippen molar-refractivity contribution in [2.24, 2.45) is 0 Å². The second kappa shape index (κ2) is 5.08. The number of nitrogens with zero attached hydrogens (tertiary/aromatic N) is 1. The predicted molar refractivity (Wildman–Crippen MR) is 80.6 cm³/mol. The van der Waals surface area contributed by atoms with E-state index in [1.165, 1.54) is 25.7 Å². The number of aromatic nitrogens is 1. The van der Waals surface area contributed by atoms with Crippen LogP contribution in [0.1, 0.15) is 16.8 Å². The number of thiophene rings is 1. The van der Waals surface area contributed by atoms with Crippen LogP contribution in [0.2, 0.25) is 0 Å². The molecular weight excluding hydrogens is 260 g/mol. The minimum atomic E-state index is 0.854. The molecule has 0 radical (unpaired) electrons. The standard InChI is InChI=1S/C14H14N2S2/c1-2-14-16-9-12(18-14)8-15-11-3-4-13-10(7-11)5-6-17-13/h3-7,9,15H,2,8H2,1H3. The molecule has 1 aromatic carbocycles. The van der Waals surface area contributed by atoms with Gasteiger partial charge in [0.15, 0.2) is 0 Å². The molecule has 1 N–H and O–H groups in total. The predicted octanol–water partition coefficient (Wildman–Crippen LogP) is 4.53. The molecule has 18 heavy (non-hydrogen) atoms. The number of thiazole rings is 1. The molecular formula is C14H14N2S2. The Morgan fingerprint density at radius 1 is 1.28 bits per heavy atom. The average Bonchev–Trinajstić information content (AvgIpc) is 3.04. The van der Waals surface area contributed by atoms with E-state index in [0.717, 1.165) is 13.0 Å². The Labute approximate surface area is 114 Å². The molecule has 0 aliphatic heterocycles. The van der Waals surface area contributed by atoms with E-state index in [1.807, 2.05) is 6.20 Å². The van der Waals surface area contributed by atoms with Crippen LogP contribution < -0.4 is 5.32 Å².